The summed E-state index contributed by atoms with van der Waals surface area (Å²) in [5, 5.41) is 13.8. The van der Waals surface area contributed by atoms with Gasteiger partial charge in [0.15, 0.2) is 0 Å². The molecule has 1 aliphatic rings. The van der Waals surface area contributed by atoms with Gasteiger partial charge in [-0.3, -0.25) is 4.79 Å². The maximum atomic E-state index is 11.9. The Morgan fingerprint density at radius 3 is 2.71 bits per heavy atom. The molecule has 0 atom stereocenters. The van der Waals surface area contributed by atoms with Crippen molar-refractivity contribution >= 4 is 22.4 Å². The van der Waals surface area contributed by atoms with E-state index in [-0.39, 0.29) is 5.91 Å². The summed E-state index contributed by atoms with van der Waals surface area (Å²) in [5.74, 6) is 0.603. The van der Waals surface area contributed by atoms with Crippen molar-refractivity contribution in [1.29, 1.82) is 0 Å². The number of methoxy groups -OCH3 is 1. The maximum Gasteiger partial charge on any atom is 0.224 e. The molecule has 0 bridgehead atoms. The second-order valence-electron chi connectivity index (χ2n) is 5.64. The van der Waals surface area contributed by atoms with Crippen molar-refractivity contribution in [2.24, 2.45) is 0 Å². The summed E-state index contributed by atoms with van der Waals surface area (Å²) in [7, 11) is 1.62. The third kappa shape index (κ3) is 4.64. The van der Waals surface area contributed by atoms with Gasteiger partial charge in [-0.15, -0.1) is 10.2 Å². The molecule has 7 heteroatoms. The second-order valence-corrected chi connectivity index (χ2v) is 6.65. The van der Waals surface area contributed by atoms with Crippen LogP contribution in [0.15, 0.2) is 0 Å². The van der Waals surface area contributed by atoms with Crippen molar-refractivity contribution in [3.63, 3.8) is 0 Å². The molecule has 1 saturated heterocycles. The Kier molecular flexibility index (Phi) is 5.93. The fourth-order valence-corrected chi connectivity index (χ4v) is 3.14. The van der Waals surface area contributed by atoms with Crippen LogP contribution in [-0.4, -0.2) is 53.9 Å². The van der Waals surface area contributed by atoms with Gasteiger partial charge in [-0.25, -0.2) is 0 Å². The SMILES string of the molecule is COCCC(=O)N1CCC(Nc2nnc(C(C)C)s2)CC1. The molecule has 1 aromatic rings. The highest BCUT2D eigenvalue weighted by Gasteiger charge is 2.23. The first-order valence-electron chi connectivity index (χ1n) is 7.46. The van der Waals surface area contributed by atoms with Gasteiger partial charge in [0.25, 0.3) is 0 Å². The van der Waals surface area contributed by atoms with E-state index in [1.165, 1.54) is 0 Å². The van der Waals surface area contributed by atoms with E-state index in [1.807, 2.05) is 4.90 Å². The van der Waals surface area contributed by atoms with Crippen LogP contribution in [0.4, 0.5) is 5.13 Å². The Bertz CT molecular complexity index is 456. The van der Waals surface area contributed by atoms with E-state index in [9.17, 15) is 4.79 Å². The number of carbonyl (C=O) groups is 1. The lowest BCUT2D eigenvalue weighted by Crippen LogP contribution is -2.42. The monoisotopic (exact) mass is 312 g/mol. The van der Waals surface area contributed by atoms with Gasteiger partial charge in [0, 0.05) is 32.2 Å². The minimum Gasteiger partial charge on any atom is -0.384 e. The number of amides is 1. The molecule has 118 valence electrons. The number of carbonyl (C=O) groups excluding carboxylic acids is 1. The first-order valence-corrected chi connectivity index (χ1v) is 8.28. The Balaban J connectivity index is 1.77. The number of anilines is 1. The molecule has 0 radical (unpaired) electrons. The Hall–Kier alpha value is -1.21. The predicted octanol–water partition coefficient (Wildman–Crippen LogP) is 2.10. The minimum absolute atomic E-state index is 0.188. The van der Waals surface area contributed by atoms with Crippen molar-refractivity contribution in [3.05, 3.63) is 5.01 Å². The van der Waals surface area contributed by atoms with Crippen LogP contribution in [0, 0.1) is 0 Å². The smallest absolute Gasteiger partial charge is 0.224 e. The third-order valence-corrected chi connectivity index (χ3v) is 4.78. The Labute approximate surface area is 129 Å². The summed E-state index contributed by atoms with van der Waals surface area (Å²) in [6.45, 7) is 6.34. The van der Waals surface area contributed by atoms with Crippen LogP contribution in [0.2, 0.25) is 0 Å². The molecule has 1 aromatic heterocycles. The summed E-state index contributed by atoms with van der Waals surface area (Å²) >= 11 is 1.62. The van der Waals surface area contributed by atoms with E-state index < -0.39 is 0 Å². The van der Waals surface area contributed by atoms with Gasteiger partial charge < -0.3 is 15.0 Å². The number of hydrogen-bond acceptors (Lipinski definition) is 6. The average molecular weight is 312 g/mol. The fourth-order valence-electron chi connectivity index (χ4n) is 2.32. The fraction of sp³-hybridized carbons (Fsp3) is 0.786. The molecule has 0 saturated carbocycles. The van der Waals surface area contributed by atoms with Crippen molar-refractivity contribution in [2.75, 3.05) is 32.1 Å². The maximum absolute atomic E-state index is 11.9. The van der Waals surface area contributed by atoms with E-state index in [0.717, 1.165) is 36.1 Å². The quantitative estimate of drug-likeness (QED) is 0.871. The number of nitrogens with one attached hydrogen (secondary N) is 1. The first-order chi connectivity index (χ1) is 10.1. The molecule has 1 N–H and O–H groups in total. The average Bonchev–Trinajstić information content (AvgIpc) is 2.94. The molecule has 0 spiro atoms. The van der Waals surface area contributed by atoms with Crippen LogP contribution < -0.4 is 5.32 Å². The van der Waals surface area contributed by atoms with Gasteiger partial charge in [-0.2, -0.15) is 0 Å². The molecule has 0 unspecified atom stereocenters. The summed E-state index contributed by atoms with van der Waals surface area (Å²) < 4.78 is 4.95. The first kappa shape index (κ1) is 16.2. The van der Waals surface area contributed by atoms with Crippen molar-refractivity contribution in [1.82, 2.24) is 15.1 Å². The molecule has 0 aromatic carbocycles. The van der Waals surface area contributed by atoms with Gasteiger partial charge in [0.05, 0.1) is 13.0 Å². The van der Waals surface area contributed by atoms with Crippen molar-refractivity contribution in [3.8, 4) is 0 Å². The van der Waals surface area contributed by atoms with Crippen LogP contribution in [0.5, 0.6) is 0 Å². The van der Waals surface area contributed by atoms with Crippen LogP contribution in [0.3, 0.4) is 0 Å². The van der Waals surface area contributed by atoms with E-state index >= 15 is 0 Å². The summed E-state index contributed by atoms with van der Waals surface area (Å²) in [6.07, 6.45) is 2.38. The van der Waals surface area contributed by atoms with E-state index in [2.05, 4.69) is 29.4 Å². The second kappa shape index (κ2) is 7.70. The van der Waals surface area contributed by atoms with Crippen molar-refractivity contribution < 1.29 is 9.53 Å². The number of ether oxygens (including phenoxy) is 1. The zero-order valence-electron chi connectivity index (χ0n) is 13.0. The normalized spacial score (nSPS) is 16.5. The number of piperidine rings is 1. The molecule has 6 nitrogen and oxygen atoms in total. The van der Waals surface area contributed by atoms with Gasteiger partial charge in [-0.1, -0.05) is 25.2 Å². The molecular formula is C14H24N4O2S. The number of rotatable bonds is 6. The van der Waals surface area contributed by atoms with Crippen LogP contribution >= 0.6 is 11.3 Å². The Morgan fingerprint density at radius 2 is 2.14 bits per heavy atom. The molecule has 1 fully saturated rings. The topological polar surface area (TPSA) is 67.3 Å². The van der Waals surface area contributed by atoms with E-state index in [4.69, 9.17) is 4.74 Å². The molecular weight excluding hydrogens is 288 g/mol. The largest absolute Gasteiger partial charge is 0.384 e. The lowest BCUT2D eigenvalue weighted by molar-refractivity contribution is -0.133. The van der Waals surface area contributed by atoms with Gasteiger partial charge in [0.1, 0.15) is 5.01 Å². The molecule has 0 aliphatic carbocycles. The molecule has 1 aliphatic heterocycles. The molecule has 2 rings (SSSR count). The summed E-state index contributed by atoms with van der Waals surface area (Å²) in [6, 6.07) is 0.379. The van der Waals surface area contributed by atoms with Crippen molar-refractivity contribution in [2.45, 2.75) is 45.1 Å². The van der Waals surface area contributed by atoms with Gasteiger partial charge >= 0.3 is 0 Å². The number of nitrogens with zero attached hydrogens (tertiary/aromatic N) is 3. The summed E-state index contributed by atoms with van der Waals surface area (Å²) in [4.78, 5) is 13.8. The number of likely N-dealkylation sites (tertiary alicyclic amines) is 1. The third-order valence-electron chi connectivity index (χ3n) is 3.63. The zero-order chi connectivity index (χ0) is 15.2. The highest BCUT2D eigenvalue weighted by Crippen LogP contribution is 2.24. The van der Waals surface area contributed by atoms with E-state index in [0.29, 0.717) is 25.0 Å². The van der Waals surface area contributed by atoms with Crippen LogP contribution in [0.1, 0.15) is 44.0 Å². The standard InChI is InChI=1S/C14H24N4O2S/c1-10(2)13-16-17-14(21-13)15-11-4-7-18(8-5-11)12(19)6-9-20-3/h10-11H,4-9H2,1-3H3,(H,15,17). The predicted molar refractivity (Wildman–Crippen MR) is 83.7 cm³/mol. The lowest BCUT2D eigenvalue weighted by Gasteiger charge is -2.32. The van der Waals surface area contributed by atoms with E-state index in [1.54, 1.807) is 18.4 Å². The zero-order valence-corrected chi connectivity index (χ0v) is 13.8. The van der Waals surface area contributed by atoms with Gasteiger partial charge in [0.2, 0.25) is 11.0 Å². The highest BCUT2D eigenvalue weighted by atomic mass is 32.1. The minimum atomic E-state index is 0.188. The summed E-state index contributed by atoms with van der Waals surface area (Å²) in [5.41, 5.74) is 0. The lowest BCUT2D eigenvalue weighted by atomic mass is 10.1. The Morgan fingerprint density at radius 1 is 1.43 bits per heavy atom. The number of aromatic nitrogens is 2. The van der Waals surface area contributed by atoms with Crippen LogP contribution in [0.25, 0.3) is 0 Å². The number of hydrogen-bond donors (Lipinski definition) is 1. The molecule has 21 heavy (non-hydrogen) atoms. The van der Waals surface area contributed by atoms with Gasteiger partial charge in [-0.05, 0) is 12.8 Å². The van der Waals surface area contributed by atoms with Crippen LogP contribution in [-0.2, 0) is 9.53 Å². The molecule has 2 heterocycles. The molecule has 1 amide bonds. The highest BCUT2D eigenvalue weighted by molar-refractivity contribution is 7.15.